The molecule has 1 N–H and O–H groups in total. The smallest absolute Gasteiger partial charge is 0.233 e. The van der Waals surface area contributed by atoms with Crippen LogP contribution in [-0.2, 0) is 17.6 Å². The molecule has 2 aromatic carbocycles. The monoisotopic (exact) mass is 353 g/mol. The molecule has 3 rings (SSSR count). The first kappa shape index (κ1) is 18.1. The number of hydrogen-bond donors (Lipinski definition) is 1. The van der Waals surface area contributed by atoms with E-state index < -0.39 is 0 Å². The third-order valence-corrected chi connectivity index (χ3v) is 6.04. The Labute approximate surface area is 155 Å². The minimum Gasteiger partial charge on any atom is -0.348 e. The fourth-order valence-corrected chi connectivity index (χ4v) is 4.33. The summed E-state index contributed by atoms with van der Waals surface area (Å²) in [5.41, 5.74) is 4.21. The lowest BCUT2D eigenvalue weighted by molar-refractivity contribution is -0.121. The third kappa shape index (κ3) is 4.66. The molecule has 0 aliphatic heterocycles. The number of hydrogen-bond acceptors (Lipinski definition) is 2. The fourth-order valence-electron chi connectivity index (χ4n) is 3.44. The zero-order chi connectivity index (χ0) is 17.6. The number of carbonyl (C=O) groups is 1. The van der Waals surface area contributed by atoms with Crippen molar-refractivity contribution in [2.75, 3.05) is 0 Å². The molecule has 0 saturated heterocycles. The van der Waals surface area contributed by atoms with Gasteiger partial charge in [-0.25, -0.2) is 0 Å². The molecule has 25 heavy (non-hydrogen) atoms. The molecule has 0 unspecified atom stereocenters. The van der Waals surface area contributed by atoms with Crippen molar-refractivity contribution < 1.29 is 4.79 Å². The first-order chi connectivity index (χ1) is 12.2. The van der Waals surface area contributed by atoms with Crippen LogP contribution in [0.5, 0.6) is 0 Å². The minimum atomic E-state index is -0.103. The molecule has 1 aliphatic carbocycles. The Kier molecular flexibility index (Phi) is 6.19. The molecular weight excluding hydrogens is 326 g/mol. The summed E-state index contributed by atoms with van der Waals surface area (Å²) in [5, 5.41) is 3.15. The Bertz CT molecular complexity index is 713. The van der Waals surface area contributed by atoms with E-state index in [0.29, 0.717) is 0 Å². The van der Waals surface area contributed by atoms with Crippen molar-refractivity contribution >= 4 is 17.7 Å². The molecule has 2 nitrogen and oxygen atoms in total. The van der Waals surface area contributed by atoms with Crippen LogP contribution in [0.25, 0.3) is 0 Å². The van der Waals surface area contributed by atoms with Gasteiger partial charge in [0.15, 0.2) is 0 Å². The van der Waals surface area contributed by atoms with Crippen molar-refractivity contribution in [3.8, 4) is 0 Å². The van der Waals surface area contributed by atoms with Gasteiger partial charge in [-0.1, -0.05) is 43.3 Å². The largest absolute Gasteiger partial charge is 0.348 e. The number of fused-ring (bicyclic) bond motifs is 1. The molecule has 0 spiro atoms. The summed E-state index contributed by atoms with van der Waals surface area (Å²) in [4.78, 5) is 13.8. The Hall–Kier alpha value is -1.74. The van der Waals surface area contributed by atoms with E-state index in [0.717, 1.165) is 11.3 Å². The number of nitrogens with one attached hydrogen (secondary N) is 1. The van der Waals surface area contributed by atoms with Crippen molar-refractivity contribution in [2.24, 2.45) is 0 Å². The molecule has 1 amide bonds. The van der Waals surface area contributed by atoms with Gasteiger partial charge in [0.2, 0.25) is 5.91 Å². The first-order valence-electron chi connectivity index (χ1n) is 9.31. The Morgan fingerprint density at radius 2 is 1.80 bits per heavy atom. The normalized spacial score (nSPS) is 15.9. The van der Waals surface area contributed by atoms with Crippen LogP contribution >= 0.6 is 11.8 Å². The molecule has 0 aromatic heterocycles. The lowest BCUT2D eigenvalue weighted by Crippen LogP contribution is -2.34. The van der Waals surface area contributed by atoms with E-state index in [1.165, 1.54) is 42.4 Å². The highest BCUT2D eigenvalue weighted by Gasteiger charge is 2.20. The quantitative estimate of drug-likeness (QED) is 0.713. The van der Waals surface area contributed by atoms with Crippen LogP contribution in [0, 0.1) is 0 Å². The summed E-state index contributed by atoms with van der Waals surface area (Å²) < 4.78 is 0. The summed E-state index contributed by atoms with van der Waals surface area (Å²) in [6.07, 6.45) is 5.86. The summed E-state index contributed by atoms with van der Waals surface area (Å²) in [6.45, 7) is 4.12. The van der Waals surface area contributed by atoms with Crippen LogP contribution < -0.4 is 5.32 Å². The topological polar surface area (TPSA) is 29.1 Å². The molecular formula is C22H27NOS. The number of benzene rings is 2. The van der Waals surface area contributed by atoms with Crippen molar-refractivity contribution in [2.45, 2.75) is 62.1 Å². The Balaban J connectivity index is 1.66. The maximum absolute atomic E-state index is 12.6. The van der Waals surface area contributed by atoms with Gasteiger partial charge >= 0.3 is 0 Å². The van der Waals surface area contributed by atoms with Crippen LogP contribution in [-0.4, -0.2) is 11.2 Å². The molecule has 0 radical (unpaired) electrons. The van der Waals surface area contributed by atoms with Gasteiger partial charge in [0.05, 0.1) is 11.3 Å². The van der Waals surface area contributed by atoms with Gasteiger partial charge < -0.3 is 5.32 Å². The molecule has 0 bridgehead atoms. The molecule has 3 heteroatoms. The zero-order valence-electron chi connectivity index (χ0n) is 15.1. The van der Waals surface area contributed by atoms with Gasteiger partial charge in [0, 0.05) is 4.90 Å². The number of thioether (sulfide) groups is 1. The Morgan fingerprint density at radius 1 is 1.08 bits per heavy atom. The summed E-state index contributed by atoms with van der Waals surface area (Å²) in [5.74, 6) is 0.110. The number of amides is 1. The van der Waals surface area contributed by atoms with E-state index in [2.05, 4.69) is 42.6 Å². The summed E-state index contributed by atoms with van der Waals surface area (Å²) in [7, 11) is 0. The van der Waals surface area contributed by atoms with Gasteiger partial charge in [0.1, 0.15) is 0 Å². The second-order valence-electron chi connectivity index (χ2n) is 6.78. The maximum Gasteiger partial charge on any atom is 0.233 e. The van der Waals surface area contributed by atoms with Gasteiger partial charge in [-0.15, -0.1) is 11.8 Å². The van der Waals surface area contributed by atoms with Gasteiger partial charge in [-0.3, -0.25) is 4.79 Å². The highest BCUT2D eigenvalue weighted by Crippen LogP contribution is 2.27. The third-order valence-electron chi connectivity index (χ3n) is 4.92. The van der Waals surface area contributed by atoms with E-state index in [-0.39, 0.29) is 17.2 Å². The fraction of sp³-hybridized carbons (Fsp3) is 0.409. The van der Waals surface area contributed by atoms with Crippen LogP contribution in [0.3, 0.4) is 0 Å². The van der Waals surface area contributed by atoms with Crippen LogP contribution in [0.4, 0.5) is 0 Å². The van der Waals surface area contributed by atoms with Gasteiger partial charge in [0.25, 0.3) is 0 Å². The van der Waals surface area contributed by atoms with E-state index in [9.17, 15) is 4.79 Å². The van der Waals surface area contributed by atoms with E-state index >= 15 is 0 Å². The van der Waals surface area contributed by atoms with Crippen molar-refractivity contribution in [1.29, 1.82) is 0 Å². The zero-order valence-corrected chi connectivity index (χ0v) is 15.9. The van der Waals surface area contributed by atoms with Crippen molar-refractivity contribution in [3.63, 3.8) is 0 Å². The summed E-state index contributed by atoms with van der Waals surface area (Å²) in [6, 6.07) is 17.0. The van der Waals surface area contributed by atoms with Crippen LogP contribution in [0.2, 0.25) is 0 Å². The molecule has 0 heterocycles. The predicted octanol–water partition coefficient (Wildman–Crippen LogP) is 5.31. The van der Waals surface area contributed by atoms with E-state index in [1.807, 2.05) is 25.1 Å². The average molecular weight is 354 g/mol. The average Bonchev–Trinajstić information content (AvgIpc) is 2.66. The van der Waals surface area contributed by atoms with Crippen molar-refractivity contribution in [1.82, 2.24) is 5.32 Å². The second-order valence-corrected chi connectivity index (χ2v) is 8.19. The van der Waals surface area contributed by atoms with Gasteiger partial charge in [-0.2, -0.15) is 0 Å². The molecule has 132 valence electrons. The number of carbonyl (C=O) groups excluding carboxylic acids is 1. The highest BCUT2D eigenvalue weighted by molar-refractivity contribution is 8.00. The number of rotatable bonds is 6. The molecule has 1 aliphatic rings. The van der Waals surface area contributed by atoms with Crippen LogP contribution in [0.1, 0.15) is 55.8 Å². The maximum atomic E-state index is 12.6. The Morgan fingerprint density at radius 3 is 2.52 bits per heavy atom. The van der Waals surface area contributed by atoms with Crippen molar-refractivity contribution in [3.05, 3.63) is 65.2 Å². The first-order valence-corrected chi connectivity index (χ1v) is 10.2. The highest BCUT2D eigenvalue weighted by atomic mass is 32.2. The molecule has 2 aromatic rings. The minimum absolute atomic E-state index is 0.0959. The van der Waals surface area contributed by atoms with E-state index in [4.69, 9.17) is 0 Å². The molecule has 0 fully saturated rings. The second kappa shape index (κ2) is 8.57. The number of aryl methyl sites for hydroxylation is 2. The lowest BCUT2D eigenvalue weighted by Gasteiger charge is -2.23. The van der Waals surface area contributed by atoms with E-state index in [1.54, 1.807) is 11.8 Å². The van der Waals surface area contributed by atoms with Crippen LogP contribution in [0.15, 0.2) is 53.4 Å². The summed E-state index contributed by atoms with van der Waals surface area (Å²) >= 11 is 1.61. The molecule has 0 saturated carbocycles. The lowest BCUT2D eigenvalue weighted by atomic mass is 9.89. The predicted molar refractivity (Wildman–Crippen MR) is 106 cm³/mol. The standard InChI is InChI=1S/C22H27NOS/c1-3-21(19-14-13-17-9-7-8-10-18(17)15-19)23-22(24)16(2)25-20-11-5-4-6-12-20/h4-6,11-16,21H,3,7-10H2,1-2H3,(H,23,24)/t16-,21+/m1/s1. The molecule has 2 atom stereocenters. The van der Waals surface area contributed by atoms with Gasteiger partial charge in [-0.05, 0) is 67.9 Å². The SMILES string of the molecule is CC[C@H](NC(=O)[C@@H](C)Sc1ccccc1)c1ccc2c(c1)CCCC2.